The van der Waals surface area contributed by atoms with Crippen LogP contribution in [0.3, 0.4) is 0 Å². The van der Waals surface area contributed by atoms with Crippen LogP contribution in [0.1, 0.15) is 23.7 Å². The standard InChI is InChI=1S/C29H22ClN5O3S/c30-20-7-6-17(13-24(20)36)25-26(16-8-10-31-11-9-16)33-35-27-18(15-32-29(25)35)12-22-28(23-14-21(27)34(22)23)39(37,38)19-4-2-1-3-5-19/h1-11,13,15,21-23,28,36H,12,14H2. The van der Waals surface area contributed by atoms with E-state index in [-0.39, 0.29) is 28.9 Å². The summed E-state index contributed by atoms with van der Waals surface area (Å²) in [5, 5.41) is 15.3. The Hall–Kier alpha value is -3.79. The van der Waals surface area contributed by atoms with Gasteiger partial charge in [0.25, 0.3) is 0 Å². The Morgan fingerprint density at radius 3 is 2.54 bits per heavy atom. The van der Waals surface area contributed by atoms with Gasteiger partial charge in [-0.25, -0.2) is 17.9 Å². The van der Waals surface area contributed by atoms with Gasteiger partial charge < -0.3 is 5.11 Å². The Morgan fingerprint density at radius 1 is 0.974 bits per heavy atom. The van der Waals surface area contributed by atoms with Crippen LogP contribution in [0.5, 0.6) is 5.75 Å². The lowest BCUT2D eigenvalue weighted by Gasteiger charge is -2.67. The van der Waals surface area contributed by atoms with E-state index in [1.54, 1.807) is 48.8 Å². The predicted octanol–water partition coefficient (Wildman–Crippen LogP) is 4.71. The topological polar surface area (TPSA) is 101 Å². The molecular weight excluding hydrogens is 534 g/mol. The molecule has 8 nitrogen and oxygen atoms in total. The Morgan fingerprint density at radius 2 is 1.77 bits per heavy atom. The number of aromatic hydroxyl groups is 1. The second-order valence-electron chi connectivity index (χ2n) is 10.4. The number of pyridine rings is 1. The summed E-state index contributed by atoms with van der Waals surface area (Å²) in [5.74, 6) is -0.0110. The summed E-state index contributed by atoms with van der Waals surface area (Å²) in [6.45, 7) is 0. The van der Waals surface area contributed by atoms with Crippen LogP contribution in [0.4, 0.5) is 0 Å². The second kappa shape index (κ2) is 8.11. The van der Waals surface area contributed by atoms with E-state index in [2.05, 4.69) is 9.88 Å². The molecule has 8 rings (SSSR count). The monoisotopic (exact) mass is 555 g/mol. The van der Waals surface area contributed by atoms with Crippen molar-refractivity contribution in [2.45, 2.75) is 41.1 Å². The van der Waals surface area contributed by atoms with Crippen molar-refractivity contribution in [1.29, 1.82) is 0 Å². The van der Waals surface area contributed by atoms with E-state index in [4.69, 9.17) is 21.7 Å². The van der Waals surface area contributed by atoms with Crippen molar-refractivity contribution in [2.75, 3.05) is 0 Å². The molecule has 0 bridgehead atoms. The van der Waals surface area contributed by atoms with Crippen molar-refractivity contribution in [3.8, 4) is 28.1 Å². The third kappa shape index (κ3) is 3.15. The fourth-order valence-corrected chi connectivity index (χ4v) is 9.03. The summed E-state index contributed by atoms with van der Waals surface area (Å²) >= 11 is 6.11. The Labute approximate surface area is 229 Å². The van der Waals surface area contributed by atoms with Gasteiger partial charge in [0.2, 0.25) is 0 Å². The van der Waals surface area contributed by atoms with Gasteiger partial charge in [0.1, 0.15) is 11.4 Å². The van der Waals surface area contributed by atoms with Crippen molar-refractivity contribution in [3.63, 3.8) is 0 Å². The normalized spacial score (nSPS) is 23.5. The molecule has 2 saturated heterocycles. The molecule has 3 aromatic heterocycles. The zero-order valence-electron chi connectivity index (χ0n) is 20.5. The molecule has 5 aromatic rings. The van der Waals surface area contributed by atoms with Gasteiger partial charge in [0.15, 0.2) is 15.5 Å². The molecule has 1 N–H and O–H groups in total. The lowest BCUT2D eigenvalue weighted by molar-refractivity contribution is -0.127. The summed E-state index contributed by atoms with van der Waals surface area (Å²) in [6.07, 6.45) is 6.67. The SMILES string of the molecule is O=S(=O)(c1ccccc1)C1C2Cc3cnc4c(-c5ccc(Cl)c(O)c5)c(-c5ccncc5)nn4c3C3CC1N32. The first-order valence-electron chi connectivity index (χ1n) is 12.8. The molecule has 2 fully saturated rings. The highest BCUT2D eigenvalue weighted by Crippen LogP contribution is 2.57. The third-order valence-electron chi connectivity index (χ3n) is 8.47. The number of hydrogen-bond donors (Lipinski definition) is 1. The Kier molecular flexibility index (Phi) is 4.81. The highest BCUT2D eigenvalue weighted by atomic mass is 35.5. The molecule has 194 valence electrons. The highest BCUT2D eigenvalue weighted by Gasteiger charge is 2.66. The number of rotatable bonds is 4. The van der Waals surface area contributed by atoms with E-state index >= 15 is 0 Å². The molecule has 4 atom stereocenters. The summed E-state index contributed by atoms with van der Waals surface area (Å²) in [6, 6.07) is 17.7. The molecule has 0 aliphatic carbocycles. The lowest BCUT2D eigenvalue weighted by atomic mass is 9.69. The van der Waals surface area contributed by atoms with Crippen molar-refractivity contribution in [1.82, 2.24) is 24.5 Å². The third-order valence-corrected chi connectivity index (χ3v) is 11.1. The molecule has 0 radical (unpaired) electrons. The summed E-state index contributed by atoms with van der Waals surface area (Å²) in [7, 11) is -3.44. The number of phenols is 1. The Balaban J connectivity index is 1.27. The average Bonchev–Trinajstić information content (AvgIpc) is 3.32. The van der Waals surface area contributed by atoms with E-state index in [0.717, 1.165) is 40.1 Å². The zero-order valence-corrected chi connectivity index (χ0v) is 22.1. The minimum Gasteiger partial charge on any atom is -0.506 e. The van der Waals surface area contributed by atoms with Crippen molar-refractivity contribution in [2.24, 2.45) is 0 Å². The maximum atomic E-state index is 13.5. The number of aromatic nitrogens is 4. The van der Waals surface area contributed by atoms with Crippen molar-refractivity contribution >= 4 is 27.1 Å². The molecule has 10 heteroatoms. The van der Waals surface area contributed by atoms with Gasteiger partial charge in [-0.1, -0.05) is 35.9 Å². The van der Waals surface area contributed by atoms with Crippen LogP contribution in [0, 0.1) is 0 Å². The quantitative estimate of drug-likeness (QED) is 0.342. The number of benzene rings is 2. The minimum absolute atomic E-state index is 0.00415. The molecule has 4 unspecified atom stereocenters. The van der Waals surface area contributed by atoms with Crippen molar-refractivity contribution < 1.29 is 13.5 Å². The summed E-state index contributed by atoms with van der Waals surface area (Å²) < 4.78 is 29.0. The van der Waals surface area contributed by atoms with E-state index in [9.17, 15) is 13.5 Å². The van der Waals surface area contributed by atoms with Gasteiger partial charge in [-0.15, -0.1) is 0 Å². The predicted molar refractivity (Wildman–Crippen MR) is 146 cm³/mol. The zero-order chi connectivity index (χ0) is 26.5. The van der Waals surface area contributed by atoms with Gasteiger partial charge in [-0.05, 0) is 60.4 Å². The number of sulfone groups is 1. The van der Waals surface area contributed by atoms with Crippen LogP contribution < -0.4 is 0 Å². The van der Waals surface area contributed by atoms with Crippen molar-refractivity contribution in [3.05, 3.63) is 95.5 Å². The number of hydrogen-bond acceptors (Lipinski definition) is 7. The van der Waals surface area contributed by atoms with Crippen LogP contribution >= 0.6 is 11.6 Å². The van der Waals surface area contributed by atoms with E-state index in [1.807, 2.05) is 35.0 Å². The van der Waals surface area contributed by atoms with Gasteiger partial charge in [0.05, 0.1) is 32.5 Å². The number of piperidine rings is 1. The van der Waals surface area contributed by atoms with E-state index < -0.39 is 15.1 Å². The van der Waals surface area contributed by atoms with E-state index in [0.29, 0.717) is 17.0 Å². The molecule has 6 heterocycles. The smallest absolute Gasteiger partial charge is 0.184 e. The molecule has 2 aromatic carbocycles. The van der Waals surface area contributed by atoms with Gasteiger partial charge in [-0.2, -0.15) is 5.10 Å². The highest BCUT2D eigenvalue weighted by molar-refractivity contribution is 7.92. The molecule has 0 amide bonds. The van der Waals surface area contributed by atoms with Crippen LogP contribution in [0.15, 0.2) is 84.1 Å². The average molecular weight is 556 g/mol. The molecule has 3 aliphatic heterocycles. The summed E-state index contributed by atoms with van der Waals surface area (Å²) in [4.78, 5) is 11.7. The lowest BCUT2D eigenvalue weighted by Crippen LogP contribution is -2.79. The van der Waals surface area contributed by atoms with Crippen LogP contribution in [0.2, 0.25) is 5.02 Å². The number of phenolic OH excluding ortho intramolecular Hbond substituents is 1. The number of nitrogens with zero attached hydrogens (tertiary/aromatic N) is 5. The molecule has 3 aliphatic rings. The first kappa shape index (κ1) is 23.1. The second-order valence-corrected chi connectivity index (χ2v) is 12.9. The number of fused-ring (bicyclic) bond motifs is 4. The van der Waals surface area contributed by atoms with E-state index in [1.165, 1.54) is 0 Å². The molecular formula is C29H22ClN5O3S. The first-order chi connectivity index (χ1) is 18.9. The Bertz CT molecular complexity index is 1900. The molecule has 39 heavy (non-hydrogen) atoms. The van der Waals surface area contributed by atoms with Crippen LogP contribution in [-0.2, 0) is 16.3 Å². The fourth-order valence-electron chi connectivity index (χ4n) is 6.75. The van der Waals surface area contributed by atoms with Gasteiger partial charge >= 0.3 is 0 Å². The number of halogens is 1. The first-order valence-corrected chi connectivity index (χ1v) is 14.7. The van der Waals surface area contributed by atoms with Gasteiger partial charge in [-0.3, -0.25) is 9.88 Å². The van der Waals surface area contributed by atoms with Gasteiger partial charge in [0, 0.05) is 36.2 Å². The maximum Gasteiger partial charge on any atom is 0.184 e. The molecule has 0 saturated carbocycles. The van der Waals surface area contributed by atoms with Crippen LogP contribution in [0.25, 0.3) is 28.0 Å². The maximum absolute atomic E-state index is 13.5. The molecule has 0 spiro atoms. The fraction of sp³-hybridized carbons (Fsp3) is 0.207. The van der Waals surface area contributed by atoms with Crippen LogP contribution in [-0.4, -0.2) is 55.3 Å². The largest absolute Gasteiger partial charge is 0.506 e. The summed E-state index contributed by atoms with van der Waals surface area (Å²) in [5.41, 5.74) is 5.92. The minimum atomic E-state index is -3.44.